The minimum atomic E-state index is -0.371. The van der Waals surface area contributed by atoms with Crippen LogP contribution in [-0.2, 0) is 14.4 Å². The van der Waals surface area contributed by atoms with Crippen LogP contribution in [0.5, 0.6) is 0 Å². The Morgan fingerprint density at radius 3 is 2.52 bits per heavy atom. The summed E-state index contributed by atoms with van der Waals surface area (Å²) in [5.41, 5.74) is 3.24. The van der Waals surface area contributed by atoms with Gasteiger partial charge in [-0.25, -0.2) is 0 Å². The molecule has 0 spiro atoms. The van der Waals surface area contributed by atoms with Gasteiger partial charge in [0, 0.05) is 17.3 Å². The number of thiocarbonyl (C=S) groups is 1. The number of para-hydroxylation sites is 1. The second-order valence-electron chi connectivity index (χ2n) is 7.67. The van der Waals surface area contributed by atoms with E-state index in [0.29, 0.717) is 31.7 Å². The number of anilines is 2. The Labute approximate surface area is 190 Å². The summed E-state index contributed by atoms with van der Waals surface area (Å²) in [4.78, 5) is 42.3. The van der Waals surface area contributed by atoms with Crippen LogP contribution in [0.4, 0.5) is 11.4 Å². The minimum Gasteiger partial charge on any atom is -0.325 e. The van der Waals surface area contributed by atoms with Gasteiger partial charge in [-0.1, -0.05) is 54.3 Å². The molecule has 0 saturated carbocycles. The second-order valence-corrected chi connectivity index (χ2v) is 9.31. The van der Waals surface area contributed by atoms with Crippen molar-refractivity contribution in [2.45, 2.75) is 26.8 Å². The lowest BCUT2D eigenvalue weighted by atomic mass is 10.1. The maximum Gasteiger partial charge on any atom is 0.267 e. The molecule has 0 aromatic heterocycles. The summed E-state index contributed by atoms with van der Waals surface area (Å²) < 4.78 is 0.434. The van der Waals surface area contributed by atoms with E-state index in [1.54, 1.807) is 24.3 Å². The number of amides is 3. The molecule has 2 aliphatic rings. The van der Waals surface area contributed by atoms with Crippen LogP contribution in [0.25, 0.3) is 5.57 Å². The number of hydrogen-bond acceptors (Lipinski definition) is 5. The van der Waals surface area contributed by atoms with E-state index >= 15 is 0 Å². The SMILES string of the molecule is Cc1cccc(NC(=O)CN2C(=O)/C(=C3\SC(=S)N(C(C)C)C3=O)c3ccccc32)c1. The summed E-state index contributed by atoms with van der Waals surface area (Å²) in [7, 11) is 0. The van der Waals surface area contributed by atoms with Gasteiger partial charge in [0.05, 0.1) is 16.2 Å². The zero-order valence-electron chi connectivity index (χ0n) is 17.3. The number of nitrogens with one attached hydrogen (secondary N) is 1. The third-order valence-electron chi connectivity index (χ3n) is 5.07. The maximum absolute atomic E-state index is 13.4. The Morgan fingerprint density at radius 1 is 1.10 bits per heavy atom. The molecule has 1 N–H and O–H groups in total. The van der Waals surface area contributed by atoms with Crippen molar-refractivity contribution in [3.8, 4) is 0 Å². The van der Waals surface area contributed by atoms with Gasteiger partial charge < -0.3 is 5.32 Å². The summed E-state index contributed by atoms with van der Waals surface area (Å²) >= 11 is 6.51. The van der Waals surface area contributed by atoms with Gasteiger partial charge in [0.25, 0.3) is 11.8 Å². The van der Waals surface area contributed by atoms with Crippen molar-refractivity contribution in [1.29, 1.82) is 0 Å². The maximum atomic E-state index is 13.4. The average molecular weight is 452 g/mol. The van der Waals surface area contributed by atoms with Gasteiger partial charge in [-0.15, -0.1) is 0 Å². The standard InChI is InChI=1S/C23H21N3O3S2/c1-13(2)26-22(29)20(31-23(26)30)19-16-9-4-5-10-17(16)25(21(19)28)12-18(27)24-15-8-6-7-14(3)11-15/h4-11,13H,12H2,1-3H3,(H,24,27)/b20-19-. The molecule has 2 aromatic carbocycles. The Kier molecular flexibility index (Phi) is 5.68. The van der Waals surface area contributed by atoms with Gasteiger partial charge in [-0.2, -0.15) is 0 Å². The number of fused-ring (bicyclic) bond motifs is 1. The van der Waals surface area contributed by atoms with E-state index in [2.05, 4.69) is 5.32 Å². The van der Waals surface area contributed by atoms with Crippen LogP contribution in [0.15, 0.2) is 53.4 Å². The molecule has 6 nitrogen and oxygen atoms in total. The van der Waals surface area contributed by atoms with Crippen LogP contribution >= 0.6 is 24.0 Å². The first-order valence-electron chi connectivity index (χ1n) is 9.85. The molecule has 0 unspecified atom stereocenters. The fraction of sp³-hybridized carbons (Fsp3) is 0.217. The van der Waals surface area contributed by atoms with Crippen molar-refractivity contribution >= 4 is 63.0 Å². The number of hydrogen-bond donors (Lipinski definition) is 1. The molecule has 2 aromatic rings. The molecule has 31 heavy (non-hydrogen) atoms. The molecule has 3 amide bonds. The number of carbonyl (C=O) groups excluding carboxylic acids is 3. The Hall–Kier alpha value is -2.97. The van der Waals surface area contributed by atoms with Crippen LogP contribution in [0.1, 0.15) is 25.0 Å². The first-order chi connectivity index (χ1) is 14.8. The molecular weight excluding hydrogens is 430 g/mol. The Balaban J connectivity index is 1.66. The number of aryl methyl sites for hydroxylation is 1. The third-order valence-corrected chi connectivity index (χ3v) is 6.47. The molecule has 8 heteroatoms. The topological polar surface area (TPSA) is 69.7 Å². The van der Waals surface area contributed by atoms with E-state index in [9.17, 15) is 14.4 Å². The van der Waals surface area contributed by atoms with Crippen LogP contribution in [0.2, 0.25) is 0 Å². The van der Waals surface area contributed by atoms with Crippen LogP contribution in [-0.4, -0.2) is 39.5 Å². The highest BCUT2D eigenvalue weighted by Gasteiger charge is 2.43. The molecular formula is C23H21N3O3S2. The van der Waals surface area contributed by atoms with Crippen molar-refractivity contribution < 1.29 is 14.4 Å². The zero-order valence-corrected chi connectivity index (χ0v) is 19.0. The molecule has 2 aliphatic heterocycles. The predicted molar refractivity (Wildman–Crippen MR) is 128 cm³/mol. The number of carbonyl (C=O) groups is 3. The Morgan fingerprint density at radius 2 is 1.84 bits per heavy atom. The van der Waals surface area contributed by atoms with E-state index in [0.717, 1.165) is 17.3 Å². The molecule has 158 valence electrons. The fourth-order valence-electron chi connectivity index (χ4n) is 3.70. The van der Waals surface area contributed by atoms with E-state index < -0.39 is 0 Å². The van der Waals surface area contributed by atoms with Crippen molar-refractivity contribution in [3.05, 3.63) is 64.6 Å². The zero-order chi connectivity index (χ0) is 22.3. The number of rotatable bonds is 4. The van der Waals surface area contributed by atoms with Crippen molar-refractivity contribution in [2.75, 3.05) is 16.8 Å². The van der Waals surface area contributed by atoms with E-state index in [4.69, 9.17) is 12.2 Å². The fourth-order valence-corrected chi connectivity index (χ4v) is 5.29. The van der Waals surface area contributed by atoms with Crippen LogP contribution in [0.3, 0.4) is 0 Å². The Bertz CT molecular complexity index is 1160. The highest BCUT2D eigenvalue weighted by atomic mass is 32.2. The molecule has 0 atom stereocenters. The quantitative estimate of drug-likeness (QED) is 0.563. The molecule has 0 bridgehead atoms. The van der Waals surface area contributed by atoms with Gasteiger partial charge in [0.15, 0.2) is 0 Å². The van der Waals surface area contributed by atoms with Gasteiger partial charge in [0.2, 0.25) is 5.91 Å². The highest BCUT2D eigenvalue weighted by molar-refractivity contribution is 8.26. The van der Waals surface area contributed by atoms with Crippen molar-refractivity contribution in [3.63, 3.8) is 0 Å². The number of nitrogens with zero attached hydrogens (tertiary/aromatic N) is 2. The highest BCUT2D eigenvalue weighted by Crippen LogP contribution is 2.44. The molecule has 1 fully saturated rings. The number of thioether (sulfide) groups is 1. The summed E-state index contributed by atoms with van der Waals surface area (Å²) in [5.74, 6) is -0.955. The van der Waals surface area contributed by atoms with E-state index in [-0.39, 0.29) is 30.3 Å². The van der Waals surface area contributed by atoms with Gasteiger partial charge in [0.1, 0.15) is 10.9 Å². The third kappa shape index (κ3) is 3.88. The van der Waals surface area contributed by atoms with Crippen molar-refractivity contribution in [1.82, 2.24) is 4.90 Å². The number of benzene rings is 2. The summed E-state index contributed by atoms with van der Waals surface area (Å²) in [5, 5.41) is 2.83. The average Bonchev–Trinajstić information content (AvgIpc) is 3.14. The summed E-state index contributed by atoms with van der Waals surface area (Å²) in [6, 6.07) is 14.5. The monoisotopic (exact) mass is 451 g/mol. The largest absolute Gasteiger partial charge is 0.325 e. The second kappa shape index (κ2) is 8.28. The lowest BCUT2D eigenvalue weighted by Gasteiger charge is -2.18. The van der Waals surface area contributed by atoms with Crippen LogP contribution < -0.4 is 10.2 Å². The van der Waals surface area contributed by atoms with Gasteiger partial charge in [-0.3, -0.25) is 24.2 Å². The normalized spacial score (nSPS) is 18.3. The van der Waals surface area contributed by atoms with Gasteiger partial charge >= 0.3 is 0 Å². The lowest BCUT2D eigenvalue weighted by molar-refractivity contribution is -0.123. The predicted octanol–water partition coefficient (Wildman–Crippen LogP) is 3.96. The van der Waals surface area contributed by atoms with Gasteiger partial charge in [-0.05, 0) is 44.5 Å². The molecule has 4 rings (SSSR count). The smallest absolute Gasteiger partial charge is 0.267 e. The minimum absolute atomic E-state index is 0.103. The summed E-state index contributed by atoms with van der Waals surface area (Å²) in [6.45, 7) is 5.54. The molecule has 0 radical (unpaired) electrons. The first-order valence-corrected chi connectivity index (χ1v) is 11.1. The molecule has 0 aliphatic carbocycles. The summed E-state index contributed by atoms with van der Waals surface area (Å²) in [6.07, 6.45) is 0. The first kappa shape index (κ1) is 21.3. The lowest BCUT2D eigenvalue weighted by Crippen LogP contribution is -2.36. The van der Waals surface area contributed by atoms with E-state index in [1.165, 1.54) is 9.80 Å². The molecule has 2 heterocycles. The molecule has 1 saturated heterocycles. The van der Waals surface area contributed by atoms with E-state index in [1.807, 2.05) is 45.0 Å². The van der Waals surface area contributed by atoms with Crippen molar-refractivity contribution in [2.24, 2.45) is 0 Å². The van der Waals surface area contributed by atoms with Crippen LogP contribution in [0, 0.1) is 6.92 Å².